The summed E-state index contributed by atoms with van der Waals surface area (Å²) in [6.07, 6.45) is 0.904. The molecule has 0 aliphatic rings. The lowest BCUT2D eigenvalue weighted by molar-refractivity contribution is 0.475. The smallest absolute Gasteiger partial charge is 0.123 e. The van der Waals surface area contributed by atoms with Crippen molar-refractivity contribution in [3.05, 3.63) is 59.4 Å². The Morgan fingerprint density at radius 1 is 1.16 bits per heavy atom. The minimum atomic E-state index is -0.222. The molecule has 0 saturated heterocycles. The number of hydrogen-bond acceptors (Lipinski definition) is 2. The van der Waals surface area contributed by atoms with Crippen molar-refractivity contribution in [2.24, 2.45) is 0 Å². The highest BCUT2D eigenvalue weighted by molar-refractivity contribution is 5.52. The van der Waals surface area contributed by atoms with Crippen LogP contribution >= 0.6 is 0 Å². The Bertz CT molecular complexity index is 551. The molecule has 0 saturated carbocycles. The van der Waals surface area contributed by atoms with E-state index in [-0.39, 0.29) is 17.6 Å². The Hall–Kier alpha value is -2.03. The number of benzene rings is 2. The molecule has 2 nitrogen and oxygen atoms in total. The summed E-state index contributed by atoms with van der Waals surface area (Å²) < 4.78 is 13.1. The van der Waals surface area contributed by atoms with Crippen LogP contribution in [0.5, 0.6) is 5.75 Å². The van der Waals surface area contributed by atoms with Gasteiger partial charge in [-0.2, -0.15) is 0 Å². The van der Waals surface area contributed by atoms with E-state index in [0.29, 0.717) is 0 Å². The van der Waals surface area contributed by atoms with Crippen LogP contribution in [0, 0.1) is 12.7 Å². The van der Waals surface area contributed by atoms with Gasteiger partial charge in [0.2, 0.25) is 0 Å². The normalized spacial score (nSPS) is 12.2. The molecule has 0 fully saturated rings. The van der Waals surface area contributed by atoms with Gasteiger partial charge >= 0.3 is 0 Å². The minimum absolute atomic E-state index is 0.143. The van der Waals surface area contributed by atoms with Gasteiger partial charge in [-0.3, -0.25) is 0 Å². The zero-order valence-electron chi connectivity index (χ0n) is 11.2. The van der Waals surface area contributed by atoms with Crippen molar-refractivity contribution in [2.75, 3.05) is 5.32 Å². The summed E-state index contributed by atoms with van der Waals surface area (Å²) in [7, 11) is 0. The summed E-state index contributed by atoms with van der Waals surface area (Å²) in [4.78, 5) is 0. The first-order chi connectivity index (χ1) is 9.10. The summed E-state index contributed by atoms with van der Waals surface area (Å²) in [5.41, 5.74) is 2.92. The largest absolute Gasteiger partial charge is 0.508 e. The van der Waals surface area contributed by atoms with Crippen molar-refractivity contribution < 1.29 is 9.50 Å². The molecule has 0 amide bonds. The van der Waals surface area contributed by atoms with E-state index < -0.39 is 0 Å². The van der Waals surface area contributed by atoms with E-state index in [2.05, 4.69) is 12.2 Å². The minimum Gasteiger partial charge on any atom is -0.508 e. The standard InChI is InChI=1S/C16H18FNO/c1-3-15(12-4-7-14(19)8-5-12)18-16-9-6-13(17)10-11(16)2/h4-10,15,18-19H,3H2,1-2H3. The zero-order valence-corrected chi connectivity index (χ0v) is 11.2. The number of phenols is 1. The average molecular weight is 259 g/mol. The molecule has 0 radical (unpaired) electrons. The molecule has 2 aromatic carbocycles. The average Bonchev–Trinajstić information content (AvgIpc) is 2.39. The van der Waals surface area contributed by atoms with Gasteiger partial charge in [-0.25, -0.2) is 4.39 Å². The molecule has 2 aromatic rings. The van der Waals surface area contributed by atoms with Crippen LogP contribution in [0.4, 0.5) is 10.1 Å². The van der Waals surface area contributed by atoms with Gasteiger partial charge in [0, 0.05) is 5.69 Å². The fourth-order valence-electron chi connectivity index (χ4n) is 2.10. The summed E-state index contributed by atoms with van der Waals surface area (Å²) in [6.45, 7) is 3.97. The highest BCUT2D eigenvalue weighted by Gasteiger charge is 2.10. The van der Waals surface area contributed by atoms with E-state index in [0.717, 1.165) is 23.2 Å². The van der Waals surface area contributed by atoms with Crippen molar-refractivity contribution in [3.8, 4) is 5.75 Å². The molecule has 100 valence electrons. The molecule has 0 aliphatic heterocycles. The van der Waals surface area contributed by atoms with Gasteiger partial charge in [0.05, 0.1) is 6.04 Å². The lowest BCUT2D eigenvalue weighted by Crippen LogP contribution is -2.10. The van der Waals surface area contributed by atoms with Crippen LogP contribution in [-0.2, 0) is 0 Å². The molecule has 2 rings (SSSR count). The van der Waals surface area contributed by atoms with Crippen molar-refractivity contribution in [2.45, 2.75) is 26.3 Å². The molecule has 19 heavy (non-hydrogen) atoms. The van der Waals surface area contributed by atoms with E-state index in [4.69, 9.17) is 0 Å². The monoisotopic (exact) mass is 259 g/mol. The van der Waals surface area contributed by atoms with E-state index in [1.54, 1.807) is 18.2 Å². The maximum absolute atomic E-state index is 13.1. The topological polar surface area (TPSA) is 32.3 Å². The van der Waals surface area contributed by atoms with Gasteiger partial charge in [0.1, 0.15) is 11.6 Å². The second-order valence-electron chi connectivity index (χ2n) is 4.66. The van der Waals surface area contributed by atoms with Crippen LogP contribution in [0.25, 0.3) is 0 Å². The first kappa shape index (κ1) is 13.4. The van der Waals surface area contributed by atoms with Gasteiger partial charge < -0.3 is 10.4 Å². The second kappa shape index (κ2) is 5.74. The summed E-state index contributed by atoms with van der Waals surface area (Å²) >= 11 is 0. The van der Waals surface area contributed by atoms with Crippen LogP contribution in [0.2, 0.25) is 0 Å². The molecule has 0 aromatic heterocycles. The Labute approximate surface area is 112 Å². The predicted molar refractivity (Wildman–Crippen MR) is 75.9 cm³/mol. The summed E-state index contributed by atoms with van der Waals surface area (Å²) in [5.74, 6) is 0.0392. The van der Waals surface area contributed by atoms with Crippen molar-refractivity contribution in [1.29, 1.82) is 0 Å². The number of hydrogen-bond donors (Lipinski definition) is 2. The molecule has 1 atom stereocenters. The van der Waals surface area contributed by atoms with E-state index in [9.17, 15) is 9.50 Å². The molecular formula is C16H18FNO. The molecule has 1 unspecified atom stereocenters. The molecule has 2 N–H and O–H groups in total. The van der Waals surface area contributed by atoms with E-state index in [1.807, 2.05) is 19.1 Å². The lowest BCUT2D eigenvalue weighted by atomic mass is 10.0. The fraction of sp³-hybridized carbons (Fsp3) is 0.250. The Balaban J connectivity index is 2.21. The zero-order chi connectivity index (χ0) is 13.8. The highest BCUT2D eigenvalue weighted by Crippen LogP contribution is 2.26. The van der Waals surface area contributed by atoms with Crippen LogP contribution in [-0.4, -0.2) is 5.11 Å². The Morgan fingerprint density at radius 3 is 2.42 bits per heavy atom. The predicted octanol–water partition coefficient (Wildman–Crippen LogP) is 4.40. The van der Waals surface area contributed by atoms with Gasteiger partial charge in [-0.05, 0) is 54.8 Å². The number of nitrogens with one attached hydrogen (secondary N) is 1. The number of aryl methyl sites for hydroxylation is 1. The number of phenolic OH excluding ortho intramolecular Hbond substituents is 1. The molecule has 3 heteroatoms. The van der Waals surface area contributed by atoms with E-state index >= 15 is 0 Å². The third-order valence-corrected chi connectivity index (χ3v) is 3.22. The molecule has 0 spiro atoms. The molecule has 0 aliphatic carbocycles. The number of halogens is 1. The Kier molecular flexibility index (Phi) is 4.05. The third kappa shape index (κ3) is 3.25. The van der Waals surface area contributed by atoms with Gasteiger partial charge in [-0.1, -0.05) is 19.1 Å². The molecule has 0 bridgehead atoms. The number of anilines is 1. The quantitative estimate of drug-likeness (QED) is 0.852. The van der Waals surface area contributed by atoms with Gasteiger partial charge in [0.25, 0.3) is 0 Å². The van der Waals surface area contributed by atoms with Crippen molar-refractivity contribution >= 4 is 5.69 Å². The molecule has 0 heterocycles. The first-order valence-electron chi connectivity index (χ1n) is 6.41. The molecular weight excluding hydrogens is 241 g/mol. The van der Waals surface area contributed by atoms with Gasteiger partial charge in [-0.15, -0.1) is 0 Å². The van der Waals surface area contributed by atoms with Crippen LogP contribution in [0.1, 0.15) is 30.5 Å². The first-order valence-corrected chi connectivity index (χ1v) is 6.41. The maximum Gasteiger partial charge on any atom is 0.123 e. The third-order valence-electron chi connectivity index (χ3n) is 3.22. The second-order valence-corrected chi connectivity index (χ2v) is 4.66. The van der Waals surface area contributed by atoms with Crippen LogP contribution in [0.15, 0.2) is 42.5 Å². The number of aromatic hydroxyl groups is 1. The van der Waals surface area contributed by atoms with Crippen LogP contribution in [0.3, 0.4) is 0 Å². The fourth-order valence-corrected chi connectivity index (χ4v) is 2.10. The SMILES string of the molecule is CCC(Nc1ccc(F)cc1C)c1ccc(O)cc1. The van der Waals surface area contributed by atoms with Crippen LogP contribution < -0.4 is 5.32 Å². The number of rotatable bonds is 4. The summed E-state index contributed by atoms with van der Waals surface area (Å²) in [6, 6.07) is 12.0. The van der Waals surface area contributed by atoms with Crippen molar-refractivity contribution in [1.82, 2.24) is 0 Å². The van der Waals surface area contributed by atoms with E-state index in [1.165, 1.54) is 12.1 Å². The Morgan fingerprint density at radius 2 is 1.84 bits per heavy atom. The summed E-state index contributed by atoms with van der Waals surface area (Å²) in [5, 5.41) is 12.7. The van der Waals surface area contributed by atoms with Gasteiger partial charge in [0.15, 0.2) is 0 Å². The lowest BCUT2D eigenvalue weighted by Gasteiger charge is -2.20. The maximum atomic E-state index is 13.1. The highest BCUT2D eigenvalue weighted by atomic mass is 19.1. The van der Waals surface area contributed by atoms with Crippen molar-refractivity contribution in [3.63, 3.8) is 0 Å².